The lowest BCUT2D eigenvalue weighted by atomic mass is 9.91. The first-order valence-electron chi connectivity index (χ1n) is 5.23. The number of hydrogen-bond donors (Lipinski definition) is 1. The molecule has 0 bridgehead atoms. The topological polar surface area (TPSA) is 35.2 Å². The number of methoxy groups -OCH3 is 1. The first-order valence-corrected chi connectivity index (χ1v) is 6.49. The Hall–Kier alpha value is -0.0900. The van der Waals surface area contributed by atoms with Crippen LogP contribution in [0.25, 0.3) is 0 Å². The third-order valence-electron chi connectivity index (χ3n) is 3.35. The minimum Gasteiger partial charge on any atom is -0.376 e. The van der Waals surface area contributed by atoms with Crippen LogP contribution in [0.3, 0.4) is 0 Å². The Balaban J connectivity index is 2.26. The van der Waals surface area contributed by atoms with Gasteiger partial charge in [-0.25, -0.2) is 0 Å². The molecule has 0 saturated heterocycles. The molecule has 4 heteroatoms. The van der Waals surface area contributed by atoms with Crippen LogP contribution in [0.5, 0.6) is 0 Å². The van der Waals surface area contributed by atoms with Crippen molar-refractivity contribution in [3.05, 3.63) is 21.3 Å². The van der Waals surface area contributed by atoms with Crippen molar-refractivity contribution in [2.24, 2.45) is 5.73 Å². The average Bonchev–Trinajstić information content (AvgIpc) is 2.86. The summed E-state index contributed by atoms with van der Waals surface area (Å²) in [5, 5.41) is 2.76. The first-order chi connectivity index (χ1) is 7.19. The second kappa shape index (κ2) is 4.42. The zero-order valence-electron chi connectivity index (χ0n) is 8.83. The molecule has 1 fully saturated rings. The average molecular weight is 246 g/mol. The van der Waals surface area contributed by atoms with Gasteiger partial charge in [-0.15, -0.1) is 11.3 Å². The highest BCUT2D eigenvalue weighted by molar-refractivity contribution is 7.10. The van der Waals surface area contributed by atoms with Crippen molar-refractivity contribution in [2.75, 3.05) is 7.11 Å². The van der Waals surface area contributed by atoms with Gasteiger partial charge in [-0.3, -0.25) is 0 Å². The molecular formula is C11H16ClNOS. The van der Waals surface area contributed by atoms with E-state index in [1.165, 1.54) is 12.8 Å². The molecule has 1 aliphatic carbocycles. The quantitative estimate of drug-likeness (QED) is 0.886. The van der Waals surface area contributed by atoms with Gasteiger partial charge in [0.2, 0.25) is 0 Å². The molecule has 1 heterocycles. The number of rotatable bonds is 3. The monoisotopic (exact) mass is 245 g/mol. The fourth-order valence-electron chi connectivity index (χ4n) is 2.38. The van der Waals surface area contributed by atoms with E-state index in [2.05, 4.69) is 0 Å². The third-order valence-corrected chi connectivity index (χ3v) is 4.79. The Kier molecular flexibility index (Phi) is 3.36. The number of nitrogens with two attached hydrogens (primary N) is 1. The van der Waals surface area contributed by atoms with Crippen molar-refractivity contribution < 1.29 is 4.74 Å². The molecule has 0 aromatic carbocycles. The van der Waals surface area contributed by atoms with Gasteiger partial charge in [0.15, 0.2) is 0 Å². The van der Waals surface area contributed by atoms with E-state index in [4.69, 9.17) is 22.1 Å². The maximum atomic E-state index is 6.29. The Bertz CT molecular complexity index is 333. The van der Waals surface area contributed by atoms with E-state index in [1.807, 2.05) is 11.4 Å². The van der Waals surface area contributed by atoms with Crippen LogP contribution in [-0.4, -0.2) is 12.7 Å². The standard InChI is InChI=1S/C11H16ClNOS/c1-14-11(5-2-3-6-11)10(13)9-8(12)4-7-15-9/h4,7,10H,2-3,5-6,13H2,1H3. The van der Waals surface area contributed by atoms with Crippen molar-refractivity contribution in [1.82, 2.24) is 0 Å². The first kappa shape index (κ1) is 11.4. The van der Waals surface area contributed by atoms with E-state index in [1.54, 1.807) is 18.4 Å². The van der Waals surface area contributed by atoms with Crippen LogP contribution in [0.4, 0.5) is 0 Å². The van der Waals surface area contributed by atoms with Gasteiger partial charge in [-0.05, 0) is 24.3 Å². The maximum absolute atomic E-state index is 6.29. The zero-order chi connectivity index (χ0) is 10.9. The predicted octanol–water partition coefficient (Wildman–Crippen LogP) is 3.36. The molecule has 2 N–H and O–H groups in total. The lowest BCUT2D eigenvalue weighted by Gasteiger charge is -2.33. The van der Waals surface area contributed by atoms with Crippen LogP contribution in [0, 0.1) is 0 Å². The Morgan fingerprint density at radius 2 is 2.20 bits per heavy atom. The molecule has 0 spiro atoms. The summed E-state index contributed by atoms with van der Waals surface area (Å²) in [4.78, 5) is 1.06. The Morgan fingerprint density at radius 1 is 1.53 bits per heavy atom. The zero-order valence-corrected chi connectivity index (χ0v) is 10.4. The van der Waals surface area contributed by atoms with Crippen molar-refractivity contribution in [2.45, 2.75) is 37.3 Å². The molecule has 84 valence electrons. The summed E-state index contributed by atoms with van der Waals surface area (Å²) in [5.41, 5.74) is 6.11. The van der Waals surface area contributed by atoms with Gasteiger partial charge in [0, 0.05) is 12.0 Å². The number of ether oxygens (including phenoxy) is 1. The molecule has 0 amide bonds. The fraction of sp³-hybridized carbons (Fsp3) is 0.636. The second-order valence-electron chi connectivity index (χ2n) is 4.09. The molecule has 15 heavy (non-hydrogen) atoms. The summed E-state index contributed by atoms with van der Waals surface area (Å²) >= 11 is 7.73. The summed E-state index contributed by atoms with van der Waals surface area (Å²) < 4.78 is 5.66. The molecule has 0 aliphatic heterocycles. The van der Waals surface area contributed by atoms with Crippen LogP contribution in [0.1, 0.15) is 36.6 Å². The van der Waals surface area contributed by atoms with E-state index >= 15 is 0 Å². The van der Waals surface area contributed by atoms with E-state index in [0.717, 1.165) is 22.7 Å². The molecule has 1 saturated carbocycles. The molecule has 1 aromatic rings. The van der Waals surface area contributed by atoms with Gasteiger partial charge in [0.1, 0.15) is 0 Å². The van der Waals surface area contributed by atoms with Gasteiger partial charge in [-0.1, -0.05) is 24.4 Å². The fourth-order valence-corrected chi connectivity index (χ4v) is 3.66. The minimum absolute atomic E-state index is 0.0856. The highest BCUT2D eigenvalue weighted by Crippen LogP contribution is 2.44. The lowest BCUT2D eigenvalue weighted by molar-refractivity contribution is -0.0255. The lowest BCUT2D eigenvalue weighted by Crippen LogP contribution is -2.40. The van der Waals surface area contributed by atoms with Crippen LogP contribution < -0.4 is 5.73 Å². The molecule has 1 aromatic heterocycles. The van der Waals surface area contributed by atoms with E-state index < -0.39 is 0 Å². The normalized spacial score (nSPS) is 21.8. The summed E-state index contributed by atoms with van der Waals surface area (Å²) in [6.45, 7) is 0. The molecule has 2 nitrogen and oxygen atoms in total. The number of thiophene rings is 1. The SMILES string of the molecule is COC1(C(N)c2sccc2Cl)CCCC1. The second-order valence-corrected chi connectivity index (χ2v) is 5.44. The van der Waals surface area contributed by atoms with Crippen molar-refractivity contribution in [1.29, 1.82) is 0 Å². The predicted molar refractivity (Wildman–Crippen MR) is 64.5 cm³/mol. The smallest absolute Gasteiger partial charge is 0.0878 e. The van der Waals surface area contributed by atoms with E-state index in [9.17, 15) is 0 Å². The van der Waals surface area contributed by atoms with Gasteiger partial charge >= 0.3 is 0 Å². The molecule has 2 rings (SSSR count). The summed E-state index contributed by atoms with van der Waals surface area (Å²) in [5.74, 6) is 0. The van der Waals surface area contributed by atoms with Gasteiger partial charge < -0.3 is 10.5 Å². The van der Waals surface area contributed by atoms with Crippen LogP contribution in [-0.2, 0) is 4.74 Å². The Morgan fingerprint density at radius 3 is 2.67 bits per heavy atom. The maximum Gasteiger partial charge on any atom is 0.0878 e. The third kappa shape index (κ3) is 1.94. The van der Waals surface area contributed by atoms with Crippen molar-refractivity contribution in [3.63, 3.8) is 0 Å². The van der Waals surface area contributed by atoms with Crippen molar-refractivity contribution >= 4 is 22.9 Å². The van der Waals surface area contributed by atoms with E-state index in [0.29, 0.717) is 0 Å². The van der Waals surface area contributed by atoms with Gasteiger partial charge in [-0.2, -0.15) is 0 Å². The Labute approximate surface area is 99.4 Å². The molecule has 0 radical (unpaired) electrons. The van der Waals surface area contributed by atoms with Crippen LogP contribution in [0.2, 0.25) is 5.02 Å². The summed E-state index contributed by atoms with van der Waals surface area (Å²) in [7, 11) is 1.76. The van der Waals surface area contributed by atoms with Crippen LogP contribution >= 0.6 is 22.9 Å². The minimum atomic E-state index is -0.186. The van der Waals surface area contributed by atoms with Gasteiger partial charge in [0.05, 0.1) is 16.7 Å². The largest absolute Gasteiger partial charge is 0.376 e. The molecule has 1 unspecified atom stereocenters. The van der Waals surface area contributed by atoms with E-state index in [-0.39, 0.29) is 11.6 Å². The highest BCUT2D eigenvalue weighted by atomic mass is 35.5. The number of hydrogen-bond acceptors (Lipinski definition) is 3. The molecule has 1 atom stereocenters. The van der Waals surface area contributed by atoms with Gasteiger partial charge in [0.25, 0.3) is 0 Å². The van der Waals surface area contributed by atoms with Crippen LogP contribution in [0.15, 0.2) is 11.4 Å². The van der Waals surface area contributed by atoms with Crippen molar-refractivity contribution in [3.8, 4) is 0 Å². The highest BCUT2D eigenvalue weighted by Gasteiger charge is 2.41. The summed E-state index contributed by atoms with van der Waals surface area (Å²) in [6, 6.07) is 1.82. The summed E-state index contributed by atoms with van der Waals surface area (Å²) in [6.07, 6.45) is 4.48. The molecular weight excluding hydrogens is 230 g/mol. The molecule has 1 aliphatic rings. The number of halogens is 1.